The Morgan fingerprint density at radius 3 is 2.68 bits per heavy atom. The summed E-state index contributed by atoms with van der Waals surface area (Å²) in [5, 5.41) is 5.76. The molecule has 2 rings (SSSR count). The summed E-state index contributed by atoms with van der Waals surface area (Å²) in [6, 6.07) is 5.30. The Kier molecular flexibility index (Phi) is 4.49. The number of rotatable bonds is 3. The summed E-state index contributed by atoms with van der Waals surface area (Å²) in [6.07, 6.45) is 5.77. The van der Waals surface area contributed by atoms with Crippen LogP contribution in [0.15, 0.2) is 18.2 Å². The van der Waals surface area contributed by atoms with E-state index in [1.165, 1.54) is 19.3 Å². The van der Waals surface area contributed by atoms with Gasteiger partial charge in [0, 0.05) is 12.1 Å². The number of ether oxygens (including phenoxy) is 1. The number of nitrogens with two attached hydrogens (primary N) is 1. The molecule has 0 unspecified atom stereocenters. The van der Waals surface area contributed by atoms with Crippen LogP contribution in [0.4, 0.5) is 16.2 Å². The van der Waals surface area contributed by atoms with Gasteiger partial charge in [0.25, 0.3) is 0 Å². The molecule has 19 heavy (non-hydrogen) atoms. The number of hydrogen-bond acceptors (Lipinski definition) is 3. The van der Waals surface area contributed by atoms with Gasteiger partial charge >= 0.3 is 6.03 Å². The second-order valence-corrected chi connectivity index (χ2v) is 4.89. The number of amides is 2. The fraction of sp³-hybridized carbons (Fsp3) is 0.500. The number of methoxy groups -OCH3 is 1. The number of urea groups is 1. The molecule has 104 valence electrons. The highest BCUT2D eigenvalue weighted by molar-refractivity contribution is 5.92. The minimum absolute atomic E-state index is 0.191. The van der Waals surface area contributed by atoms with Crippen molar-refractivity contribution in [3.05, 3.63) is 18.2 Å². The predicted octanol–water partition coefficient (Wildman–Crippen LogP) is 2.73. The quantitative estimate of drug-likeness (QED) is 0.734. The first-order valence-corrected chi connectivity index (χ1v) is 6.70. The van der Waals surface area contributed by atoms with E-state index in [0.717, 1.165) is 12.8 Å². The lowest BCUT2D eigenvalue weighted by Gasteiger charge is -2.23. The maximum atomic E-state index is 11.9. The minimum atomic E-state index is -0.191. The van der Waals surface area contributed by atoms with Crippen LogP contribution in [-0.2, 0) is 0 Å². The standard InChI is InChI=1S/C14H21N3O2/c1-19-11-7-8-13(12(15)9-11)17-14(18)16-10-5-3-2-4-6-10/h7-10H,2-6,15H2,1H3,(H2,16,17,18). The molecule has 4 N–H and O–H groups in total. The molecule has 0 bridgehead atoms. The van der Waals surface area contributed by atoms with E-state index in [0.29, 0.717) is 17.1 Å². The predicted molar refractivity (Wildman–Crippen MR) is 76.4 cm³/mol. The van der Waals surface area contributed by atoms with Crippen LogP contribution in [0.2, 0.25) is 0 Å². The maximum Gasteiger partial charge on any atom is 0.319 e. The number of hydrogen-bond donors (Lipinski definition) is 3. The van der Waals surface area contributed by atoms with Gasteiger partial charge in [0.1, 0.15) is 5.75 Å². The SMILES string of the molecule is COc1ccc(NC(=O)NC2CCCCC2)c(N)c1. The monoisotopic (exact) mass is 263 g/mol. The molecule has 1 aromatic rings. The molecule has 0 heterocycles. The van der Waals surface area contributed by atoms with Crippen molar-refractivity contribution in [1.29, 1.82) is 0 Å². The fourth-order valence-corrected chi connectivity index (χ4v) is 2.37. The molecular formula is C14H21N3O2. The van der Waals surface area contributed by atoms with Crippen LogP contribution in [-0.4, -0.2) is 19.2 Å². The smallest absolute Gasteiger partial charge is 0.319 e. The van der Waals surface area contributed by atoms with Crippen LogP contribution in [0, 0.1) is 0 Å². The molecule has 0 aliphatic heterocycles. The number of nitrogen functional groups attached to an aromatic ring is 1. The van der Waals surface area contributed by atoms with Crippen LogP contribution in [0.5, 0.6) is 5.75 Å². The molecule has 1 aliphatic rings. The second kappa shape index (κ2) is 6.31. The Bertz CT molecular complexity index is 442. The zero-order valence-corrected chi connectivity index (χ0v) is 11.2. The van der Waals surface area contributed by atoms with E-state index in [2.05, 4.69) is 10.6 Å². The molecule has 0 atom stereocenters. The largest absolute Gasteiger partial charge is 0.497 e. The van der Waals surface area contributed by atoms with Crippen molar-refractivity contribution in [1.82, 2.24) is 5.32 Å². The Labute approximate surface area is 113 Å². The minimum Gasteiger partial charge on any atom is -0.497 e. The molecular weight excluding hydrogens is 242 g/mol. The van der Waals surface area contributed by atoms with Crippen molar-refractivity contribution in [2.45, 2.75) is 38.1 Å². The van der Waals surface area contributed by atoms with E-state index in [9.17, 15) is 4.79 Å². The summed E-state index contributed by atoms with van der Waals surface area (Å²) >= 11 is 0. The Morgan fingerprint density at radius 1 is 1.32 bits per heavy atom. The first-order chi connectivity index (χ1) is 9.19. The van der Waals surface area contributed by atoms with Gasteiger partial charge in [0.05, 0.1) is 18.5 Å². The van der Waals surface area contributed by atoms with E-state index < -0.39 is 0 Å². The van der Waals surface area contributed by atoms with Crippen LogP contribution in [0.25, 0.3) is 0 Å². The van der Waals surface area contributed by atoms with Crippen molar-refractivity contribution in [3.63, 3.8) is 0 Å². The molecule has 5 heteroatoms. The zero-order valence-electron chi connectivity index (χ0n) is 11.2. The summed E-state index contributed by atoms with van der Waals surface area (Å²) in [6.45, 7) is 0. The summed E-state index contributed by atoms with van der Waals surface area (Å²) in [7, 11) is 1.58. The van der Waals surface area contributed by atoms with Crippen molar-refractivity contribution in [3.8, 4) is 5.75 Å². The van der Waals surface area contributed by atoms with Gasteiger partial charge in [0.2, 0.25) is 0 Å². The molecule has 2 amide bonds. The molecule has 0 spiro atoms. The van der Waals surface area contributed by atoms with Crippen molar-refractivity contribution < 1.29 is 9.53 Å². The van der Waals surface area contributed by atoms with E-state index in [-0.39, 0.29) is 12.1 Å². The average molecular weight is 263 g/mol. The molecule has 1 fully saturated rings. The highest BCUT2D eigenvalue weighted by Crippen LogP contribution is 2.24. The first kappa shape index (κ1) is 13.5. The summed E-state index contributed by atoms with van der Waals surface area (Å²) in [5.41, 5.74) is 6.96. The van der Waals surface area contributed by atoms with E-state index in [1.54, 1.807) is 25.3 Å². The van der Waals surface area contributed by atoms with Gasteiger partial charge in [-0.05, 0) is 25.0 Å². The number of carbonyl (C=O) groups excluding carboxylic acids is 1. The summed E-state index contributed by atoms with van der Waals surface area (Å²) in [5.74, 6) is 0.677. The van der Waals surface area contributed by atoms with E-state index in [4.69, 9.17) is 10.5 Å². The molecule has 1 aromatic carbocycles. The van der Waals surface area contributed by atoms with Crippen molar-refractivity contribution in [2.24, 2.45) is 0 Å². The summed E-state index contributed by atoms with van der Waals surface area (Å²) < 4.78 is 5.07. The number of carbonyl (C=O) groups is 1. The third-order valence-corrected chi connectivity index (χ3v) is 3.45. The number of anilines is 2. The van der Waals surface area contributed by atoms with Gasteiger partial charge in [0.15, 0.2) is 0 Å². The van der Waals surface area contributed by atoms with Crippen molar-refractivity contribution >= 4 is 17.4 Å². The molecule has 0 saturated heterocycles. The van der Waals surface area contributed by atoms with Gasteiger partial charge in [-0.2, -0.15) is 0 Å². The third-order valence-electron chi connectivity index (χ3n) is 3.45. The van der Waals surface area contributed by atoms with Crippen LogP contribution < -0.4 is 21.1 Å². The lowest BCUT2D eigenvalue weighted by atomic mass is 9.96. The molecule has 5 nitrogen and oxygen atoms in total. The lowest BCUT2D eigenvalue weighted by molar-refractivity contribution is 0.244. The number of nitrogens with one attached hydrogen (secondary N) is 2. The van der Waals surface area contributed by atoms with Crippen LogP contribution in [0.1, 0.15) is 32.1 Å². The lowest BCUT2D eigenvalue weighted by Crippen LogP contribution is -2.39. The van der Waals surface area contributed by atoms with E-state index in [1.807, 2.05) is 0 Å². The van der Waals surface area contributed by atoms with Crippen LogP contribution in [0.3, 0.4) is 0 Å². The van der Waals surface area contributed by atoms with E-state index >= 15 is 0 Å². The second-order valence-electron chi connectivity index (χ2n) is 4.89. The molecule has 0 aromatic heterocycles. The topological polar surface area (TPSA) is 76.4 Å². The van der Waals surface area contributed by atoms with Gasteiger partial charge in [-0.25, -0.2) is 4.79 Å². The van der Waals surface area contributed by atoms with Crippen molar-refractivity contribution in [2.75, 3.05) is 18.2 Å². The fourth-order valence-electron chi connectivity index (χ4n) is 2.37. The highest BCUT2D eigenvalue weighted by atomic mass is 16.5. The van der Waals surface area contributed by atoms with Gasteiger partial charge < -0.3 is 21.1 Å². The first-order valence-electron chi connectivity index (χ1n) is 6.70. The van der Waals surface area contributed by atoms with Gasteiger partial charge in [-0.3, -0.25) is 0 Å². The highest BCUT2D eigenvalue weighted by Gasteiger charge is 2.16. The van der Waals surface area contributed by atoms with Crippen LogP contribution >= 0.6 is 0 Å². The Hall–Kier alpha value is -1.91. The normalized spacial score (nSPS) is 15.8. The van der Waals surface area contributed by atoms with Gasteiger partial charge in [-0.1, -0.05) is 19.3 Å². The van der Waals surface area contributed by atoms with Gasteiger partial charge in [-0.15, -0.1) is 0 Å². The third kappa shape index (κ3) is 3.77. The zero-order chi connectivity index (χ0) is 13.7. The Balaban J connectivity index is 1.91. The molecule has 1 aliphatic carbocycles. The molecule has 1 saturated carbocycles. The molecule has 0 radical (unpaired) electrons. The maximum absolute atomic E-state index is 11.9. The summed E-state index contributed by atoms with van der Waals surface area (Å²) in [4.78, 5) is 11.9. The number of benzene rings is 1. The average Bonchev–Trinajstić information content (AvgIpc) is 2.42. The Morgan fingerprint density at radius 2 is 2.05 bits per heavy atom.